The molecule has 1 amide bonds. The molecule has 1 N–H and O–H groups in total. The summed E-state index contributed by atoms with van der Waals surface area (Å²) in [5, 5.41) is 2.92. The maximum absolute atomic E-state index is 12.3. The fourth-order valence-corrected chi connectivity index (χ4v) is 2.79. The first-order valence-electron chi connectivity index (χ1n) is 8.33. The van der Waals surface area contributed by atoms with Crippen LogP contribution >= 0.6 is 0 Å². The average Bonchev–Trinajstić information content (AvgIpc) is 3.10. The standard InChI is InChI=1S/C18H23N3O3/c1-2-15-6-7-17(24-15)16-13-23-10-9-21(16)12-18(22)20-11-14-5-3-4-8-19-14/h3-8,16H,2,9-13H2,1H3,(H,20,22)/t16-/m0/s1. The second-order valence-electron chi connectivity index (χ2n) is 5.82. The highest BCUT2D eigenvalue weighted by Crippen LogP contribution is 2.25. The van der Waals surface area contributed by atoms with Crippen LogP contribution in [0.15, 0.2) is 40.9 Å². The molecule has 3 rings (SSSR count). The van der Waals surface area contributed by atoms with Crippen LogP contribution in [-0.4, -0.2) is 42.1 Å². The van der Waals surface area contributed by atoms with Crippen molar-refractivity contribution in [1.82, 2.24) is 15.2 Å². The summed E-state index contributed by atoms with van der Waals surface area (Å²) >= 11 is 0. The van der Waals surface area contributed by atoms with Crippen molar-refractivity contribution in [2.45, 2.75) is 25.9 Å². The molecular weight excluding hydrogens is 306 g/mol. The molecular formula is C18H23N3O3. The van der Waals surface area contributed by atoms with Crippen LogP contribution in [-0.2, 0) is 22.5 Å². The fourth-order valence-electron chi connectivity index (χ4n) is 2.79. The van der Waals surface area contributed by atoms with Gasteiger partial charge in [0.1, 0.15) is 11.5 Å². The molecule has 128 valence electrons. The van der Waals surface area contributed by atoms with Crippen LogP contribution in [0.1, 0.15) is 30.2 Å². The molecule has 1 saturated heterocycles. The predicted molar refractivity (Wildman–Crippen MR) is 89.3 cm³/mol. The van der Waals surface area contributed by atoms with E-state index in [9.17, 15) is 4.79 Å². The molecule has 0 aromatic carbocycles. The molecule has 3 heterocycles. The summed E-state index contributed by atoms with van der Waals surface area (Å²) in [6.07, 6.45) is 2.58. The predicted octanol–water partition coefficient (Wildman–Crippen LogP) is 1.93. The van der Waals surface area contributed by atoms with Crippen LogP contribution in [0.4, 0.5) is 0 Å². The number of pyridine rings is 1. The molecule has 0 radical (unpaired) electrons. The molecule has 1 aliphatic heterocycles. The summed E-state index contributed by atoms with van der Waals surface area (Å²) in [4.78, 5) is 18.6. The number of aryl methyl sites for hydroxylation is 1. The zero-order valence-electron chi connectivity index (χ0n) is 13.9. The summed E-state index contributed by atoms with van der Waals surface area (Å²) in [6.45, 7) is 4.71. The molecule has 0 spiro atoms. The van der Waals surface area contributed by atoms with Gasteiger partial charge in [-0.05, 0) is 24.3 Å². The number of aromatic nitrogens is 1. The quantitative estimate of drug-likeness (QED) is 0.877. The van der Waals surface area contributed by atoms with Gasteiger partial charge < -0.3 is 14.5 Å². The summed E-state index contributed by atoms with van der Waals surface area (Å²) in [5.74, 6) is 1.80. The van der Waals surface area contributed by atoms with Crippen molar-refractivity contribution in [3.8, 4) is 0 Å². The van der Waals surface area contributed by atoms with Gasteiger partial charge in [-0.1, -0.05) is 13.0 Å². The van der Waals surface area contributed by atoms with E-state index in [1.807, 2.05) is 30.3 Å². The molecule has 1 atom stereocenters. The van der Waals surface area contributed by atoms with Gasteiger partial charge >= 0.3 is 0 Å². The Morgan fingerprint density at radius 3 is 3.04 bits per heavy atom. The topological polar surface area (TPSA) is 67.6 Å². The van der Waals surface area contributed by atoms with Crippen LogP contribution in [0, 0.1) is 0 Å². The number of hydrogen-bond acceptors (Lipinski definition) is 5. The highest BCUT2D eigenvalue weighted by atomic mass is 16.5. The highest BCUT2D eigenvalue weighted by Gasteiger charge is 2.28. The van der Waals surface area contributed by atoms with Gasteiger partial charge in [-0.2, -0.15) is 0 Å². The lowest BCUT2D eigenvalue weighted by Gasteiger charge is -2.33. The Labute approximate surface area is 141 Å². The van der Waals surface area contributed by atoms with E-state index >= 15 is 0 Å². The lowest BCUT2D eigenvalue weighted by molar-refractivity contribution is -0.125. The summed E-state index contributed by atoms with van der Waals surface area (Å²) in [7, 11) is 0. The molecule has 0 saturated carbocycles. The van der Waals surface area contributed by atoms with E-state index in [4.69, 9.17) is 9.15 Å². The third-order valence-corrected chi connectivity index (χ3v) is 4.14. The molecule has 0 aliphatic carbocycles. The third-order valence-electron chi connectivity index (χ3n) is 4.14. The van der Waals surface area contributed by atoms with Crippen molar-refractivity contribution in [1.29, 1.82) is 0 Å². The average molecular weight is 329 g/mol. The van der Waals surface area contributed by atoms with Crippen molar-refractivity contribution < 1.29 is 13.9 Å². The van der Waals surface area contributed by atoms with Crippen molar-refractivity contribution >= 4 is 5.91 Å². The number of carbonyl (C=O) groups is 1. The number of nitrogens with zero attached hydrogens (tertiary/aromatic N) is 2. The number of ether oxygens (including phenoxy) is 1. The van der Waals surface area contributed by atoms with Crippen molar-refractivity contribution in [3.05, 3.63) is 53.7 Å². The first-order valence-corrected chi connectivity index (χ1v) is 8.33. The zero-order valence-corrected chi connectivity index (χ0v) is 13.9. The van der Waals surface area contributed by atoms with Crippen molar-refractivity contribution in [2.75, 3.05) is 26.3 Å². The SMILES string of the molecule is CCc1ccc([C@@H]2COCCN2CC(=O)NCc2ccccn2)o1. The highest BCUT2D eigenvalue weighted by molar-refractivity contribution is 5.78. The minimum Gasteiger partial charge on any atom is -0.464 e. The fraction of sp³-hybridized carbons (Fsp3) is 0.444. The Hall–Kier alpha value is -2.18. The van der Waals surface area contributed by atoms with Gasteiger partial charge in [0.25, 0.3) is 0 Å². The largest absolute Gasteiger partial charge is 0.464 e. The molecule has 0 unspecified atom stereocenters. The van der Waals surface area contributed by atoms with E-state index in [0.717, 1.165) is 23.6 Å². The molecule has 2 aromatic rings. The maximum Gasteiger partial charge on any atom is 0.234 e. The zero-order chi connectivity index (χ0) is 16.8. The van der Waals surface area contributed by atoms with Gasteiger partial charge in [0.15, 0.2) is 0 Å². The normalized spacial score (nSPS) is 18.5. The smallest absolute Gasteiger partial charge is 0.234 e. The Morgan fingerprint density at radius 2 is 2.29 bits per heavy atom. The second kappa shape index (κ2) is 8.08. The number of amides is 1. The van der Waals surface area contributed by atoms with Gasteiger partial charge in [-0.15, -0.1) is 0 Å². The minimum atomic E-state index is -0.0187. The minimum absolute atomic E-state index is 0.0142. The van der Waals surface area contributed by atoms with E-state index in [-0.39, 0.29) is 11.9 Å². The summed E-state index contributed by atoms with van der Waals surface area (Å²) < 4.78 is 11.4. The first kappa shape index (κ1) is 16.7. The Bertz CT molecular complexity index is 657. The lowest BCUT2D eigenvalue weighted by Crippen LogP contribution is -2.45. The Kier molecular flexibility index (Phi) is 5.61. The van der Waals surface area contributed by atoms with Crippen LogP contribution < -0.4 is 5.32 Å². The number of carbonyl (C=O) groups excluding carboxylic acids is 1. The van der Waals surface area contributed by atoms with Crippen LogP contribution in [0.2, 0.25) is 0 Å². The van der Waals surface area contributed by atoms with Gasteiger partial charge in [0.2, 0.25) is 5.91 Å². The molecule has 0 bridgehead atoms. The number of nitrogens with one attached hydrogen (secondary N) is 1. The van der Waals surface area contributed by atoms with Crippen LogP contribution in [0.5, 0.6) is 0 Å². The lowest BCUT2D eigenvalue weighted by atomic mass is 10.1. The van der Waals surface area contributed by atoms with Crippen LogP contribution in [0.25, 0.3) is 0 Å². The maximum atomic E-state index is 12.3. The molecule has 6 nitrogen and oxygen atoms in total. The number of hydrogen-bond donors (Lipinski definition) is 1. The van der Waals surface area contributed by atoms with Crippen LogP contribution in [0.3, 0.4) is 0 Å². The Balaban J connectivity index is 1.58. The molecule has 6 heteroatoms. The van der Waals surface area contributed by atoms with E-state index in [1.165, 1.54) is 0 Å². The van der Waals surface area contributed by atoms with E-state index in [2.05, 4.69) is 22.1 Å². The number of furan rings is 1. The third kappa shape index (κ3) is 4.21. The van der Waals surface area contributed by atoms with Gasteiger partial charge in [0, 0.05) is 19.2 Å². The van der Waals surface area contributed by atoms with E-state index in [1.54, 1.807) is 6.20 Å². The van der Waals surface area contributed by atoms with Gasteiger partial charge in [-0.25, -0.2) is 0 Å². The molecule has 2 aromatic heterocycles. The number of morpholine rings is 1. The Morgan fingerprint density at radius 1 is 1.38 bits per heavy atom. The monoisotopic (exact) mass is 329 g/mol. The molecule has 24 heavy (non-hydrogen) atoms. The summed E-state index contributed by atoms with van der Waals surface area (Å²) in [5.41, 5.74) is 0.850. The van der Waals surface area contributed by atoms with E-state index in [0.29, 0.717) is 32.8 Å². The second-order valence-corrected chi connectivity index (χ2v) is 5.82. The van der Waals surface area contributed by atoms with Gasteiger partial charge in [-0.3, -0.25) is 14.7 Å². The van der Waals surface area contributed by atoms with Gasteiger partial charge in [0.05, 0.1) is 38.0 Å². The summed E-state index contributed by atoms with van der Waals surface area (Å²) in [6, 6.07) is 9.62. The van der Waals surface area contributed by atoms with Crippen molar-refractivity contribution in [3.63, 3.8) is 0 Å². The van der Waals surface area contributed by atoms with Crippen molar-refractivity contribution in [2.24, 2.45) is 0 Å². The first-order chi connectivity index (χ1) is 11.8. The number of rotatable bonds is 6. The molecule has 1 fully saturated rings. The van der Waals surface area contributed by atoms with E-state index < -0.39 is 0 Å². The molecule has 1 aliphatic rings.